The lowest BCUT2D eigenvalue weighted by molar-refractivity contribution is 0.0712. The fourth-order valence-corrected chi connectivity index (χ4v) is 6.70. The third-order valence-electron chi connectivity index (χ3n) is 10.3. The van der Waals surface area contributed by atoms with Crippen molar-refractivity contribution in [3.05, 3.63) is 149 Å². The van der Waals surface area contributed by atoms with Gasteiger partial charge in [0, 0.05) is 0 Å². The molecule has 5 rings (SSSR count). The SMILES string of the molecule is CCCCCCCCCCCCCCCCCCOc1ccc(C(=O)Oc2ccc(C(=O)Oc3cccc(C(=O)Oc4ccc(C(=O)Oc5ccc(F)cc5)cc4)c3)cc2)cc1. The Labute approximate surface area is 364 Å². The molecule has 0 bridgehead atoms. The van der Waals surface area contributed by atoms with Crippen LogP contribution in [0.4, 0.5) is 4.39 Å². The first-order valence-electron chi connectivity index (χ1n) is 21.9. The highest BCUT2D eigenvalue weighted by molar-refractivity contribution is 5.94. The second kappa shape index (κ2) is 26.1. The van der Waals surface area contributed by atoms with Crippen molar-refractivity contribution in [2.24, 2.45) is 0 Å². The number of carbonyl (C=O) groups is 4. The second-order valence-corrected chi connectivity index (χ2v) is 15.3. The van der Waals surface area contributed by atoms with Crippen molar-refractivity contribution in [2.45, 2.75) is 110 Å². The molecule has 5 aromatic rings. The van der Waals surface area contributed by atoms with E-state index in [1.54, 1.807) is 24.3 Å². The Kier molecular flexibility index (Phi) is 19.7. The number of hydrogen-bond donors (Lipinski definition) is 0. The van der Waals surface area contributed by atoms with E-state index in [0.717, 1.165) is 12.8 Å². The van der Waals surface area contributed by atoms with Crippen molar-refractivity contribution in [3.8, 4) is 28.7 Å². The number of carbonyl (C=O) groups excluding carboxylic acids is 4. The highest BCUT2D eigenvalue weighted by Gasteiger charge is 2.16. The summed E-state index contributed by atoms with van der Waals surface area (Å²) in [5.74, 6) is -1.67. The molecule has 0 amide bonds. The summed E-state index contributed by atoms with van der Waals surface area (Å²) in [6.45, 7) is 2.90. The van der Waals surface area contributed by atoms with Crippen LogP contribution in [0.15, 0.2) is 121 Å². The molecule has 0 saturated heterocycles. The fourth-order valence-electron chi connectivity index (χ4n) is 6.70. The maximum Gasteiger partial charge on any atom is 0.343 e. The van der Waals surface area contributed by atoms with Gasteiger partial charge in [-0.1, -0.05) is 109 Å². The quantitative estimate of drug-likeness (QED) is 0.0305. The summed E-state index contributed by atoms with van der Waals surface area (Å²) in [5, 5.41) is 0. The molecule has 0 aliphatic rings. The molecular formula is C52H57FO9. The average Bonchev–Trinajstić information content (AvgIpc) is 3.29. The van der Waals surface area contributed by atoms with Crippen molar-refractivity contribution in [2.75, 3.05) is 6.61 Å². The zero-order chi connectivity index (χ0) is 43.8. The molecule has 9 nitrogen and oxygen atoms in total. The molecule has 5 aromatic carbocycles. The maximum absolute atomic E-state index is 13.1. The first-order chi connectivity index (χ1) is 30.3. The lowest BCUT2D eigenvalue weighted by Crippen LogP contribution is -2.12. The number of benzene rings is 5. The molecule has 0 radical (unpaired) electrons. The smallest absolute Gasteiger partial charge is 0.343 e. The third-order valence-corrected chi connectivity index (χ3v) is 10.3. The molecule has 326 valence electrons. The number of unbranched alkanes of at least 4 members (excludes halogenated alkanes) is 15. The predicted molar refractivity (Wildman–Crippen MR) is 237 cm³/mol. The summed E-state index contributed by atoms with van der Waals surface area (Å²) >= 11 is 0. The Bertz CT molecular complexity index is 2130. The van der Waals surface area contributed by atoms with E-state index in [-0.39, 0.29) is 39.7 Å². The van der Waals surface area contributed by atoms with E-state index in [1.807, 2.05) is 0 Å². The topological polar surface area (TPSA) is 114 Å². The van der Waals surface area contributed by atoms with Crippen molar-refractivity contribution in [3.63, 3.8) is 0 Å². The van der Waals surface area contributed by atoms with Gasteiger partial charge in [0.2, 0.25) is 0 Å². The van der Waals surface area contributed by atoms with Gasteiger partial charge in [0.25, 0.3) is 0 Å². The summed E-state index contributed by atoms with van der Waals surface area (Å²) in [6.07, 6.45) is 21.2. The van der Waals surface area contributed by atoms with Gasteiger partial charge in [0.1, 0.15) is 34.6 Å². The highest BCUT2D eigenvalue weighted by atomic mass is 19.1. The van der Waals surface area contributed by atoms with E-state index in [9.17, 15) is 23.6 Å². The minimum atomic E-state index is -0.719. The summed E-state index contributed by atoms with van der Waals surface area (Å²) in [5.41, 5.74) is 0.872. The molecule has 0 unspecified atom stereocenters. The third kappa shape index (κ3) is 16.6. The Hall–Kier alpha value is -6.29. The van der Waals surface area contributed by atoms with E-state index in [2.05, 4.69) is 6.92 Å². The number of hydrogen-bond acceptors (Lipinski definition) is 9. The zero-order valence-electron chi connectivity index (χ0n) is 35.6. The van der Waals surface area contributed by atoms with Crippen LogP contribution in [-0.2, 0) is 0 Å². The number of esters is 4. The fraction of sp³-hybridized carbons (Fsp3) is 0.346. The van der Waals surface area contributed by atoms with Crippen LogP contribution < -0.4 is 23.7 Å². The van der Waals surface area contributed by atoms with Gasteiger partial charge in [-0.15, -0.1) is 0 Å². The van der Waals surface area contributed by atoms with Gasteiger partial charge in [-0.3, -0.25) is 0 Å². The second-order valence-electron chi connectivity index (χ2n) is 15.3. The Balaban J connectivity index is 0.953. The van der Waals surface area contributed by atoms with Crippen LogP contribution >= 0.6 is 0 Å². The Morgan fingerprint density at radius 3 is 1.13 bits per heavy atom. The lowest BCUT2D eigenvalue weighted by atomic mass is 10.0. The van der Waals surface area contributed by atoms with Crippen molar-refractivity contribution < 1.29 is 47.3 Å². The van der Waals surface area contributed by atoms with E-state index in [0.29, 0.717) is 17.9 Å². The van der Waals surface area contributed by atoms with Crippen LogP contribution in [0, 0.1) is 5.82 Å². The summed E-state index contributed by atoms with van der Waals surface area (Å²) in [4.78, 5) is 51.0. The summed E-state index contributed by atoms with van der Waals surface area (Å²) in [6, 6.07) is 29.4. The van der Waals surface area contributed by atoms with E-state index >= 15 is 0 Å². The van der Waals surface area contributed by atoms with Crippen molar-refractivity contribution in [1.82, 2.24) is 0 Å². The van der Waals surface area contributed by atoms with Crippen LogP contribution in [0.25, 0.3) is 0 Å². The minimum absolute atomic E-state index is 0.108. The normalized spacial score (nSPS) is 10.8. The molecule has 0 spiro atoms. The van der Waals surface area contributed by atoms with E-state index < -0.39 is 29.7 Å². The number of rotatable bonds is 26. The summed E-state index contributed by atoms with van der Waals surface area (Å²) in [7, 11) is 0. The van der Waals surface area contributed by atoms with Crippen LogP contribution in [-0.4, -0.2) is 30.5 Å². The maximum atomic E-state index is 13.1. The first-order valence-corrected chi connectivity index (χ1v) is 21.9. The van der Waals surface area contributed by atoms with Gasteiger partial charge >= 0.3 is 23.9 Å². The molecule has 0 heterocycles. The summed E-state index contributed by atoms with van der Waals surface area (Å²) < 4.78 is 40.7. The van der Waals surface area contributed by atoms with Gasteiger partial charge in [-0.2, -0.15) is 0 Å². The standard InChI is InChI=1S/C52H57FO9/c1-2-3-4-5-6-7-8-9-10-11-12-13-14-15-16-17-37-58-44-29-21-39(22-30-44)49(54)59-45-31-25-41(26-32-45)51(56)62-48-20-18-19-42(38-48)52(57)61-46-33-23-40(24-34-46)50(55)60-47-35-27-43(53)28-36-47/h18-36,38H,2-17,37H2,1H3. The molecule has 0 aliphatic heterocycles. The van der Waals surface area contributed by atoms with Crippen LogP contribution in [0.5, 0.6) is 28.7 Å². The van der Waals surface area contributed by atoms with Crippen molar-refractivity contribution in [1.29, 1.82) is 0 Å². The number of halogens is 1. The van der Waals surface area contributed by atoms with Crippen molar-refractivity contribution >= 4 is 23.9 Å². The zero-order valence-corrected chi connectivity index (χ0v) is 35.6. The molecule has 0 fully saturated rings. The monoisotopic (exact) mass is 844 g/mol. The Morgan fingerprint density at radius 2 is 0.710 bits per heavy atom. The van der Waals surface area contributed by atoms with Crippen LogP contribution in [0.1, 0.15) is 151 Å². The van der Waals surface area contributed by atoms with Gasteiger partial charge in [0.15, 0.2) is 0 Å². The predicted octanol–water partition coefficient (Wildman–Crippen LogP) is 13.3. The number of ether oxygens (including phenoxy) is 5. The largest absolute Gasteiger partial charge is 0.494 e. The molecule has 0 atom stereocenters. The van der Waals surface area contributed by atoms with Gasteiger partial charge in [0.05, 0.1) is 28.9 Å². The molecule has 0 saturated carbocycles. The molecule has 10 heteroatoms. The molecule has 0 aromatic heterocycles. The molecule has 0 N–H and O–H groups in total. The van der Waals surface area contributed by atoms with Gasteiger partial charge in [-0.25, -0.2) is 23.6 Å². The van der Waals surface area contributed by atoms with E-state index in [4.69, 9.17) is 23.7 Å². The molecule has 62 heavy (non-hydrogen) atoms. The van der Waals surface area contributed by atoms with Gasteiger partial charge < -0.3 is 23.7 Å². The van der Waals surface area contributed by atoms with Crippen LogP contribution in [0.2, 0.25) is 0 Å². The van der Waals surface area contributed by atoms with Gasteiger partial charge in [-0.05, 0) is 122 Å². The van der Waals surface area contributed by atoms with Crippen LogP contribution in [0.3, 0.4) is 0 Å². The Morgan fingerprint density at radius 1 is 0.371 bits per heavy atom. The lowest BCUT2D eigenvalue weighted by Gasteiger charge is -2.09. The minimum Gasteiger partial charge on any atom is -0.494 e. The molecule has 0 aliphatic carbocycles. The molecular weight excluding hydrogens is 788 g/mol. The first kappa shape index (κ1) is 46.8. The van der Waals surface area contributed by atoms with E-state index in [1.165, 1.54) is 187 Å². The average molecular weight is 845 g/mol. The highest BCUT2D eigenvalue weighted by Crippen LogP contribution is 2.22.